The van der Waals surface area contributed by atoms with Crippen molar-refractivity contribution < 1.29 is 4.42 Å². The molecular formula is C16H17NOS. The van der Waals surface area contributed by atoms with Crippen LogP contribution < -0.4 is 5.32 Å². The van der Waals surface area contributed by atoms with E-state index in [9.17, 15) is 0 Å². The zero-order valence-electron chi connectivity index (χ0n) is 10.9. The van der Waals surface area contributed by atoms with E-state index in [1.54, 1.807) is 0 Å². The van der Waals surface area contributed by atoms with Crippen LogP contribution in [0.1, 0.15) is 17.6 Å². The monoisotopic (exact) mass is 271 g/mol. The molecule has 2 aromatic heterocycles. The van der Waals surface area contributed by atoms with Crippen LogP contribution in [0.2, 0.25) is 0 Å². The molecule has 1 atom stereocenters. The molecule has 2 nitrogen and oxygen atoms in total. The van der Waals surface area contributed by atoms with Crippen molar-refractivity contribution in [2.24, 2.45) is 0 Å². The highest BCUT2D eigenvalue weighted by Gasteiger charge is 2.07. The number of para-hydroxylation sites is 1. The average molecular weight is 271 g/mol. The van der Waals surface area contributed by atoms with Crippen LogP contribution in [-0.4, -0.2) is 6.04 Å². The smallest absolute Gasteiger partial charge is 0.134 e. The molecule has 0 saturated heterocycles. The summed E-state index contributed by atoms with van der Waals surface area (Å²) in [5.41, 5.74) is 0.963. The summed E-state index contributed by atoms with van der Waals surface area (Å²) in [5, 5.41) is 6.81. The molecule has 1 unspecified atom stereocenters. The van der Waals surface area contributed by atoms with Crippen LogP contribution in [0.5, 0.6) is 0 Å². The maximum atomic E-state index is 5.79. The molecule has 0 aliphatic carbocycles. The Morgan fingerprint density at radius 2 is 2.11 bits per heavy atom. The molecule has 0 fully saturated rings. The van der Waals surface area contributed by atoms with E-state index in [1.165, 1.54) is 10.3 Å². The molecule has 0 amide bonds. The first-order valence-corrected chi connectivity index (χ1v) is 7.42. The largest absolute Gasteiger partial charge is 0.460 e. The number of rotatable bonds is 5. The Balaban J connectivity index is 1.59. The Bertz CT molecular complexity index is 609. The maximum absolute atomic E-state index is 5.79. The van der Waals surface area contributed by atoms with Gasteiger partial charge in [-0.05, 0) is 36.9 Å². The molecule has 0 saturated carbocycles. The van der Waals surface area contributed by atoms with Gasteiger partial charge >= 0.3 is 0 Å². The van der Waals surface area contributed by atoms with Gasteiger partial charge in [0.25, 0.3) is 0 Å². The van der Waals surface area contributed by atoms with Crippen LogP contribution in [0.25, 0.3) is 11.0 Å². The van der Waals surface area contributed by atoms with Crippen LogP contribution in [0, 0.1) is 0 Å². The zero-order valence-corrected chi connectivity index (χ0v) is 11.7. The van der Waals surface area contributed by atoms with E-state index in [-0.39, 0.29) is 0 Å². The van der Waals surface area contributed by atoms with Gasteiger partial charge in [0, 0.05) is 16.3 Å². The molecule has 1 aromatic carbocycles. The number of hydrogen-bond acceptors (Lipinski definition) is 3. The molecule has 0 spiro atoms. The number of furan rings is 1. The molecule has 0 bridgehead atoms. The predicted octanol–water partition coefficient (Wildman–Crippen LogP) is 4.22. The van der Waals surface area contributed by atoms with E-state index in [4.69, 9.17) is 4.42 Å². The van der Waals surface area contributed by atoms with Gasteiger partial charge in [0.15, 0.2) is 0 Å². The van der Waals surface area contributed by atoms with Crippen molar-refractivity contribution in [1.82, 2.24) is 5.32 Å². The van der Waals surface area contributed by atoms with Crippen molar-refractivity contribution in [3.05, 3.63) is 58.5 Å². The number of benzene rings is 1. The molecule has 3 rings (SSSR count). The van der Waals surface area contributed by atoms with Gasteiger partial charge < -0.3 is 9.73 Å². The highest BCUT2D eigenvalue weighted by molar-refractivity contribution is 7.09. The van der Waals surface area contributed by atoms with Gasteiger partial charge in [0.2, 0.25) is 0 Å². The van der Waals surface area contributed by atoms with Crippen molar-refractivity contribution in [2.45, 2.75) is 25.9 Å². The minimum absolute atomic E-state index is 0.451. The molecular weight excluding hydrogens is 254 g/mol. The van der Waals surface area contributed by atoms with Gasteiger partial charge in [-0.1, -0.05) is 24.3 Å². The van der Waals surface area contributed by atoms with Gasteiger partial charge in [0.05, 0.1) is 6.54 Å². The topological polar surface area (TPSA) is 25.2 Å². The maximum Gasteiger partial charge on any atom is 0.134 e. The first-order chi connectivity index (χ1) is 9.31. The van der Waals surface area contributed by atoms with Crippen molar-refractivity contribution in [3.63, 3.8) is 0 Å². The lowest BCUT2D eigenvalue weighted by Crippen LogP contribution is -2.26. The lowest BCUT2D eigenvalue weighted by atomic mass is 10.2. The third-order valence-corrected chi connectivity index (χ3v) is 4.09. The number of hydrogen-bond donors (Lipinski definition) is 1. The molecule has 1 N–H and O–H groups in total. The van der Waals surface area contributed by atoms with Crippen molar-refractivity contribution in [2.75, 3.05) is 0 Å². The summed E-state index contributed by atoms with van der Waals surface area (Å²) in [6.45, 7) is 2.99. The minimum atomic E-state index is 0.451. The quantitative estimate of drug-likeness (QED) is 0.751. The van der Waals surface area contributed by atoms with Crippen molar-refractivity contribution in [1.29, 1.82) is 0 Å². The summed E-state index contributed by atoms with van der Waals surface area (Å²) in [7, 11) is 0. The van der Waals surface area contributed by atoms with Crippen molar-refractivity contribution in [3.8, 4) is 0 Å². The molecule has 2 heterocycles. The van der Waals surface area contributed by atoms with Crippen LogP contribution in [0.4, 0.5) is 0 Å². The van der Waals surface area contributed by atoms with E-state index >= 15 is 0 Å². The van der Waals surface area contributed by atoms with Crippen LogP contribution in [0.3, 0.4) is 0 Å². The molecule has 0 aliphatic rings. The Labute approximate surface area is 117 Å². The van der Waals surface area contributed by atoms with E-state index in [0.29, 0.717) is 6.04 Å². The van der Waals surface area contributed by atoms with Crippen LogP contribution in [-0.2, 0) is 13.0 Å². The Morgan fingerprint density at radius 3 is 2.89 bits per heavy atom. The van der Waals surface area contributed by atoms with Crippen LogP contribution >= 0.6 is 11.3 Å². The molecule has 3 aromatic rings. The predicted molar refractivity (Wildman–Crippen MR) is 80.5 cm³/mol. The minimum Gasteiger partial charge on any atom is -0.460 e. The fraction of sp³-hybridized carbons (Fsp3) is 0.250. The second kappa shape index (κ2) is 5.59. The van der Waals surface area contributed by atoms with Crippen molar-refractivity contribution >= 4 is 22.3 Å². The molecule has 0 aliphatic heterocycles. The summed E-state index contributed by atoms with van der Waals surface area (Å²) in [4.78, 5) is 1.42. The van der Waals surface area contributed by atoms with E-state index in [0.717, 1.165) is 24.3 Å². The van der Waals surface area contributed by atoms with E-state index in [1.807, 2.05) is 29.5 Å². The van der Waals surface area contributed by atoms with E-state index in [2.05, 4.69) is 41.9 Å². The normalized spacial score (nSPS) is 12.9. The second-order valence-corrected chi connectivity index (χ2v) is 5.85. The van der Waals surface area contributed by atoms with Gasteiger partial charge in [-0.3, -0.25) is 0 Å². The third-order valence-electron chi connectivity index (χ3n) is 3.19. The first kappa shape index (κ1) is 12.5. The van der Waals surface area contributed by atoms with Gasteiger partial charge in [-0.15, -0.1) is 11.3 Å². The molecule has 3 heteroatoms. The number of nitrogens with one attached hydrogen (secondary N) is 1. The Morgan fingerprint density at radius 1 is 1.21 bits per heavy atom. The van der Waals surface area contributed by atoms with Crippen LogP contribution in [0.15, 0.2) is 52.3 Å². The molecule has 0 radical (unpaired) electrons. The number of thiophene rings is 1. The summed E-state index contributed by atoms with van der Waals surface area (Å²) in [6, 6.07) is 15.0. The highest BCUT2D eigenvalue weighted by atomic mass is 32.1. The summed E-state index contributed by atoms with van der Waals surface area (Å²) >= 11 is 1.81. The third kappa shape index (κ3) is 3.06. The van der Waals surface area contributed by atoms with Gasteiger partial charge in [-0.2, -0.15) is 0 Å². The second-order valence-electron chi connectivity index (χ2n) is 4.82. The lowest BCUT2D eigenvalue weighted by molar-refractivity contribution is 0.474. The van der Waals surface area contributed by atoms with Gasteiger partial charge in [-0.25, -0.2) is 0 Å². The van der Waals surface area contributed by atoms with Gasteiger partial charge in [0.1, 0.15) is 11.3 Å². The summed E-state index contributed by atoms with van der Waals surface area (Å²) in [6.07, 6.45) is 1.07. The SMILES string of the molecule is CC(Cc1cccs1)NCc1cc2ccccc2o1. The number of fused-ring (bicyclic) bond motifs is 1. The zero-order chi connectivity index (χ0) is 13.1. The Kier molecular flexibility index (Phi) is 3.67. The first-order valence-electron chi connectivity index (χ1n) is 6.54. The summed E-state index contributed by atoms with van der Waals surface area (Å²) in [5.74, 6) is 0.999. The highest BCUT2D eigenvalue weighted by Crippen LogP contribution is 2.19. The van der Waals surface area contributed by atoms with E-state index < -0.39 is 0 Å². The fourth-order valence-corrected chi connectivity index (χ4v) is 3.04. The Hall–Kier alpha value is -1.58. The molecule has 19 heavy (non-hydrogen) atoms. The molecule has 98 valence electrons. The fourth-order valence-electron chi connectivity index (χ4n) is 2.20. The standard InChI is InChI=1S/C16H17NOS/c1-12(9-15-6-4-8-19-15)17-11-14-10-13-5-2-3-7-16(13)18-14/h2-8,10,12,17H,9,11H2,1H3. The lowest BCUT2D eigenvalue weighted by Gasteiger charge is -2.11. The average Bonchev–Trinajstić information content (AvgIpc) is 3.04. The summed E-state index contributed by atoms with van der Waals surface area (Å²) < 4.78 is 5.79.